The van der Waals surface area contributed by atoms with Crippen molar-refractivity contribution in [1.29, 1.82) is 0 Å². The van der Waals surface area contributed by atoms with Crippen LogP contribution in [0.15, 0.2) is 35.5 Å². The topological polar surface area (TPSA) is 100 Å². The van der Waals surface area contributed by atoms with E-state index in [9.17, 15) is 5.11 Å². The third-order valence-electron chi connectivity index (χ3n) is 3.50. The normalized spacial score (nSPS) is 24.8. The third kappa shape index (κ3) is 3.93. The summed E-state index contributed by atoms with van der Waals surface area (Å²) in [5, 5.41) is 25.3. The zero-order chi connectivity index (χ0) is 14.4. The number of benzene rings is 1. The first-order valence-electron chi connectivity index (χ1n) is 6.68. The van der Waals surface area contributed by atoms with Crippen molar-refractivity contribution >= 4 is 5.84 Å². The number of ether oxygens (including phenoxy) is 1. The molecule has 2 unspecified atom stereocenters. The highest BCUT2D eigenvalue weighted by Crippen LogP contribution is 2.21. The van der Waals surface area contributed by atoms with Gasteiger partial charge in [-0.2, -0.15) is 0 Å². The fourth-order valence-corrected chi connectivity index (χ4v) is 2.29. The Kier molecular flexibility index (Phi) is 4.94. The van der Waals surface area contributed by atoms with E-state index in [1.807, 2.05) is 30.3 Å². The van der Waals surface area contributed by atoms with Crippen LogP contribution in [0.2, 0.25) is 0 Å². The number of nitrogens with one attached hydrogen (secondary N) is 1. The predicted octanol–water partition coefficient (Wildman–Crippen LogP) is 0.605. The van der Waals surface area contributed by atoms with Gasteiger partial charge in [0.15, 0.2) is 0 Å². The van der Waals surface area contributed by atoms with Gasteiger partial charge in [-0.15, -0.1) is 0 Å². The molecule has 5 N–H and O–H groups in total. The van der Waals surface area contributed by atoms with Gasteiger partial charge in [-0.25, -0.2) is 0 Å². The Morgan fingerprint density at radius 1 is 1.45 bits per heavy atom. The average molecular weight is 279 g/mol. The van der Waals surface area contributed by atoms with Crippen LogP contribution in [0.4, 0.5) is 0 Å². The minimum absolute atomic E-state index is 0.114. The molecule has 2 atom stereocenters. The Hall–Kier alpha value is -1.63. The summed E-state index contributed by atoms with van der Waals surface area (Å²) in [5.74, 6) is 0.154. The van der Waals surface area contributed by atoms with Gasteiger partial charge in [-0.1, -0.05) is 35.5 Å². The second-order valence-electron chi connectivity index (χ2n) is 5.17. The van der Waals surface area contributed by atoms with Gasteiger partial charge in [0.2, 0.25) is 0 Å². The van der Waals surface area contributed by atoms with E-state index in [-0.39, 0.29) is 11.9 Å². The summed E-state index contributed by atoms with van der Waals surface area (Å²) < 4.78 is 5.22. The van der Waals surface area contributed by atoms with Crippen LogP contribution in [-0.2, 0) is 4.74 Å². The first-order valence-corrected chi connectivity index (χ1v) is 6.68. The lowest BCUT2D eigenvalue weighted by Crippen LogP contribution is -2.43. The monoisotopic (exact) mass is 279 g/mol. The summed E-state index contributed by atoms with van der Waals surface area (Å²) >= 11 is 0. The summed E-state index contributed by atoms with van der Waals surface area (Å²) in [5.41, 5.74) is 5.79. The van der Waals surface area contributed by atoms with Crippen LogP contribution >= 0.6 is 0 Å². The minimum atomic E-state index is -0.835. The van der Waals surface area contributed by atoms with Gasteiger partial charge >= 0.3 is 0 Å². The summed E-state index contributed by atoms with van der Waals surface area (Å²) in [6.45, 7) is 1.32. The van der Waals surface area contributed by atoms with Crippen LogP contribution in [0.25, 0.3) is 0 Å². The second kappa shape index (κ2) is 6.69. The van der Waals surface area contributed by atoms with Gasteiger partial charge in [0.05, 0.1) is 6.61 Å². The van der Waals surface area contributed by atoms with E-state index in [0.29, 0.717) is 32.6 Å². The van der Waals surface area contributed by atoms with Crippen molar-refractivity contribution in [1.82, 2.24) is 5.32 Å². The zero-order valence-electron chi connectivity index (χ0n) is 11.3. The molecular weight excluding hydrogens is 258 g/mol. The van der Waals surface area contributed by atoms with Crippen molar-refractivity contribution in [2.24, 2.45) is 10.9 Å². The Morgan fingerprint density at radius 3 is 2.80 bits per heavy atom. The molecule has 1 aromatic rings. The summed E-state index contributed by atoms with van der Waals surface area (Å²) in [6, 6.07) is 9.63. The van der Waals surface area contributed by atoms with Crippen molar-refractivity contribution in [2.75, 3.05) is 19.8 Å². The SMILES string of the molecule is N/C(CC(NCC1(O)CCOC1)c1ccccc1)=N/O. The standard InChI is InChI=1S/C14H21N3O3/c15-13(17-19)8-12(11-4-2-1-3-5-11)16-9-14(18)6-7-20-10-14/h1-5,12,16,18-19H,6-10H2,(H2,15,17). The lowest BCUT2D eigenvalue weighted by Gasteiger charge is -2.25. The fraction of sp³-hybridized carbons (Fsp3) is 0.500. The molecule has 1 saturated heterocycles. The Bertz CT molecular complexity index is 444. The first-order chi connectivity index (χ1) is 9.63. The molecule has 1 fully saturated rings. The molecular formula is C14H21N3O3. The highest BCUT2D eigenvalue weighted by Gasteiger charge is 2.32. The molecule has 1 aliphatic rings. The Balaban J connectivity index is 2.03. The van der Waals surface area contributed by atoms with E-state index in [0.717, 1.165) is 5.56 Å². The smallest absolute Gasteiger partial charge is 0.141 e. The number of hydrogen-bond acceptors (Lipinski definition) is 5. The molecule has 110 valence electrons. The number of amidine groups is 1. The average Bonchev–Trinajstić information content (AvgIpc) is 2.91. The molecule has 1 aliphatic heterocycles. The van der Waals surface area contributed by atoms with Crippen LogP contribution in [0.1, 0.15) is 24.4 Å². The van der Waals surface area contributed by atoms with Crippen LogP contribution in [0.5, 0.6) is 0 Å². The van der Waals surface area contributed by atoms with Crippen LogP contribution in [-0.4, -0.2) is 41.5 Å². The first kappa shape index (κ1) is 14.8. The van der Waals surface area contributed by atoms with Gasteiger partial charge in [0, 0.05) is 32.0 Å². The number of aliphatic hydroxyl groups is 1. The fourth-order valence-electron chi connectivity index (χ4n) is 2.29. The van der Waals surface area contributed by atoms with E-state index in [1.54, 1.807) is 0 Å². The molecule has 6 heteroatoms. The molecule has 0 saturated carbocycles. The van der Waals surface area contributed by atoms with Gasteiger partial charge in [-0.05, 0) is 5.56 Å². The summed E-state index contributed by atoms with van der Waals surface area (Å²) in [6.07, 6.45) is 0.989. The molecule has 1 heterocycles. The molecule has 20 heavy (non-hydrogen) atoms. The molecule has 1 aromatic carbocycles. The molecule has 2 rings (SSSR count). The second-order valence-corrected chi connectivity index (χ2v) is 5.17. The largest absolute Gasteiger partial charge is 0.409 e. The number of hydrogen-bond donors (Lipinski definition) is 4. The lowest BCUT2D eigenvalue weighted by molar-refractivity contribution is 0.0249. The highest BCUT2D eigenvalue weighted by atomic mass is 16.5. The molecule has 6 nitrogen and oxygen atoms in total. The molecule has 0 spiro atoms. The van der Waals surface area contributed by atoms with Gasteiger partial charge in [-0.3, -0.25) is 0 Å². The van der Waals surface area contributed by atoms with E-state index in [4.69, 9.17) is 15.7 Å². The Morgan fingerprint density at radius 2 is 2.20 bits per heavy atom. The maximum absolute atomic E-state index is 10.3. The van der Waals surface area contributed by atoms with E-state index < -0.39 is 5.60 Å². The van der Waals surface area contributed by atoms with E-state index in [1.165, 1.54) is 0 Å². The molecule has 0 bridgehead atoms. The number of nitrogens with zero attached hydrogens (tertiary/aromatic N) is 1. The van der Waals surface area contributed by atoms with Gasteiger partial charge < -0.3 is 26.1 Å². The molecule has 0 amide bonds. The molecule has 0 radical (unpaired) electrons. The van der Waals surface area contributed by atoms with Crippen molar-refractivity contribution in [3.63, 3.8) is 0 Å². The highest BCUT2D eigenvalue weighted by molar-refractivity contribution is 5.80. The van der Waals surface area contributed by atoms with E-state index >= 15 is 0 Å². The maximum atomic E-state index is 10.3. The lowest BCUT2D eigenvalue weighted by atomic mass is 9.99. The molecule has 0 aromatic heterocycles. The Labute approximate surface area is 118 Å². The number of nitrogens with two attached hydrogens (primary N) is 1. The van der Waals surface area contributed by atoms with E-state index in [2.05, 4.69) is 10.5 Å². The van der Waals surface area contributed by atoms with Crippen molar-refractivity contribution in [3.05, 3.63) is 35.9 Å². The van der Waals surface area contributed by atoms with Crippen molar-refractivity contribution in [3.8, 4) is 0 Å². The van der Waals surface area contributed by atoms with Gasteiger partial charge in [0.25, 0.3) is 0 Å². The molecule has 0 aliphatic carbocycles. The quantitative estimate of drug-likeness (QED) is 0.264. The zero-order valence-corrected chi connectivity index (χ0v) is 11.3. The third-order valence-corrected chi connectivity index (χ3v) is 3.50. The number of oxime groups is 1. The van der Waals surface area contributed by atoms with Crippen LogP contribution in [0.3, 0.4) is 0 Å². The summed E-state index contributed by atoms with van der Waals surface area (Å²) in [7, 11) is 0. The van der Waals surface area contributed by atoms with Gasteiger partial charge in [0.1, 0.15) is 11.4 Å². The van der Waals surface area contributed by atoms with Crippen LogP contribution < -0.4 is 11.1 Å². The predicted molar refractivity (Wildman–Crippen MR) is 75.6 cm³/mol. The maximum Gasteiger partial charge on any atom is 0.141 e. The summed E-state index contributed by atoms with van der Waals surface area (Å²) in [4.78, 5) is 0. The number of rotatable bonds is 6. The minimum Gasteiger partial charge on any atom is -0.409 e. The van der Waals surface area contributed by atoms with Crippen molar-refractivity contribution < 1.29 is 15.1 Å². The van der Waals surface area contributed by atoms with Crippen LogP contribution in [0, 0.1) is 0 Å². The van der Waals surface area contributed by atoms with Crippen molar-refractivity contribution in [2.45, 2.75) is 24.5 Å².